The first-order chi connectivity index (χ1) is 11.5. The standard InChI is InChI=1S/C8H11N3O2S.C7H9N.C2H6/c9-5-6(12)10-8(11-7(5)13)14-3-4-1-2-4;1-6-2-4-7(8)5-3-6;1-2/h4H,1-3,9H2,(H2,10,11,12,13);2-5H,8H2,1H3;1-2H3. The van der Waals surface area contributed by atoms with Gasteiger partial charge in [0.25, 0.3) is 5.56 Å². The molecule has 24 heavy (non-hydrogen) atoms. The monoisotopic (exact) mass is 350 g/mol. The second kappa shape index (κ2) is 9.87. The molecule has 1 aliphatic rings. The summed E-state index contributed by atoms with van der Waals surface area (Å²) < 4.78 is 0. The molecule has 1 heterocycles. The number of aromatic amines is 1. The molecule has 0 atom stereocenters. The van der Waals surface area contributed by atoms with Crippen LogP contribution in [0.3, 0.4) is 0 Å². The van der Waals surface area contributed by atoms with Gasteiger partial charge in [0.1, 0.15) is 0 Å². The highest BCUT2D eigenvalue weighted by Gasteiger charge is 2.21. The Labute approximate surface area is 146 Å². The zero-order valence-electron chi connectivity index (χ0n) is 14.4. The lowest BCUT2D eigenvalue weighted by Gasteiger charge is -2.01. The quantitative estimate of drug-likeness (QED) is 0.384. The van der Waals surface area contributed by atoms with Gasteiger partial charge in [-0.25, -0.2) is 0 Å². The fourth-order valence-electron chi connectivity index (χ4n) is 1.57. The molecule has 0 aliphatic heterocycles. The molecule has 132 valence electrons. The summed E-state index contributed by atoms with van der Waals surface area (Å²) in [7, 11) is 0. The maximum atomic E-state index is 11.1. The van der Waals surface area contributed by atoms with Crippen LogP contribution in [-0.2, 0) is 0 Å². The van der Waals surface area contributed by atoms with Crippen molar-refractivity contribution in [3.63, 3.8) is 0 Å². The molecule has 0 unspecified atom stereocenters. The Kier molecular flexibility index (Phi) is 8.18. The van der Waals surface area contributed by atoms with Crippen molar-refractivity contribution in [3.05, 3.63) is 40.2 Å². The number of aryl methyl sites for hydroxylation is 1. The first-order valence-electron chi connectivity index (χ1n) is 7.99. The molecule has 3 rings (SSSR count). The van der Waals surface area contributed by atoms with Crippen molar-refractivity contribution in [2.75, 3.05) is 17.2 Å². The van der Waals surface area contributed by atoms with Crippen molar-refractivity contribution in [1.82, 2.24) is 9.97 Å². The first kappa shape index (κ1) is 19.9. The maximum Gasteiger partial charge on any atom is 0.278 e. The van der Waals surface area contributed by atoms with Crippen LogP contribution in [0.25, 0.3) is 0 Å². The molecule has 1 aliphatic carbocycles. The molecule has 1 aromatic heterocycles. The van der Waals surface area contributed by atoms with Crippen molar-refractivity contribution in [3.8, 4) is 5.88 Å². The molecule has 7 heteroatoms. The second-order valence-electron chi connectivity index (χ2n) is 5.27. The molecule has 6 nitrogen and oxygen atoms in total. The number of rotatable bonds is 3. The minimum Gasteiger partial charge on any atom is -0.492 e. The number of nitrogens with two attached hydrogens (primary N) is 2. The topological polar surface area (TPSA) is 118 Å². The van der Waals surface area contributed by atoms with Crippen molar-refractivity contribution >= 4 is 23.1 Å². The molecule has 2 aromatic rings. The zero-order valence-corrected chi connectivity index (χ0v) is 15.2. The number of hydrogen-bond donors (Lipinski definition) is 4. The van der Waals surface area contributed by atoms with Gasteiger partial charge < -0.3 is 16.6 Å². The highest BCUT2D eigenvalue weighted by atomic mass is 32.2. The van der Waals surface area contributed by atoms with Crippen molar-refractivity contribution in [1.29, 1.82) is 0 Å². The van der Waals surface area contributed by atoms with Gasteiger partial charge in [-0.2, -0.15) is 4.98 Å². The minimum atomic E-state index is -0.476. The molecular formula is C17H26N4O2S. The molecular weight excluding hydrogens is 324 g/mol. The van der Waals surface area contributed by atoms with Crippen molar-refractivity contribution < 1.29 is 5.11 Å². The molecule has 0 saturated heterocycles. The van der Waals surface area contributed by atoms with Gasteiger partial charge >= 0.3 is 0 Å². The Morgan fingerprint density at radius 3 is 2.29 bits per heavy atom. The van der Waals surface area contributed by atoms with Crippen LogP contribution in [0.4, 0.5) is 11.4 Å². The summed E-state index contributed by atoms with van der Waals surface area (Å²) in [6.07, 6.45) is 2.50. The van der Waals surface area contributed by atoms with E-state index in [1.807, 2.05) is 45.0 Å². The van der Waals surface area contributed by atoms with Crippen molar-refractivity contribution in [2.24, 2.45) is 5.92 Å². The predicted molar refractivity (Wildman–Crippen MR) is 101 cm³/mol. The third kappa shape index (κ3) is 6.95. The van der Waals surface area contributed by atoms with Gasteiger partial charge in [-0.05, 0) is 37.8 Å². The van der Waals surface area contributed by atoms with E-state index in [2.05, 4.69) is 9.97 Å². The fraction of sp³-hybridized carbons (Fsp3) is 0.412. The molecule has 1 fully saturated rings. The van der Waals surface area contributed by atoms with E-state index in [9.17, 15) is 9.90 Å². The smallest absolute Gasteiger partial charge is 0.278 e. The summed E-state index contributed by atoms with van der Waals surface area (Å²) in [5, 5.41) is 9.63. The number of anilines is 2. The number of benzene rings is 1. The third-order valence-corrected chi connectivity index (χ3v) is 4.25. The van der Waals surface area contributed by atoms with Gasteiger partial charge in [-0.3, -0.25) is 9.78 Å². The van der Waals surface area contributed by atoms with Crippen LogP contribution in [0, 0.1) is 12.8 Å². The number of hydrogen-bond acceptors (Lipinski definition) is 6. The van der Waals surface area contributed by atoms with E-state index in [-0.39, 0.29) is 11.6 Å². The lowest BCUT2D eigenvalue weighted by molar-refractivity contribution is 0.447. The summed E-state index contributed by atoms with van der Waals surface area (Å²) in [6, 6.07) is 7.79. The van der Waals surface area contributed by atoms with E-state index in [4.69, 9.17) is 11.5 Å². The van der Waals surface area contributed by atoms with Crippen LogP contribution in [0.5, 0.6) is 5.88 Å². The highest BCUT2D eigenvalue weighted by Crippen LogP contribution is 2.34. The van der Waals surface area contributed by atoms with E-state index in [1.165, 1.54) is 30.2 Å². The maximum absolute atomic E-state index is 11.1. The van der Waals surface area contributed by atoms with E-state index in [0.717, 1.165) is 17.4 Å². The Hall–Kier alpha value is -2.15. The lowest BCUT2D eigenvalue weighted by atomic mass is 10.2. The summed E-state index contributed by atoms with van der Waals surface area (Å²) in [6.45, 7) is 6.04. The van der Waals surface area contributed by atoms with Crippen LogP contribution in [-0.4, -0.2) is 20.8 Å². The Morgan fingerprint density at radius 1 is 1.25 bits per heavy atom. The van der Waals surface area contributed by atoms with E-state index >= 15 is 0 Å². The Morgan fingerprint density at radius 2 is 1.83 bits per heavy atom. The number of nitrogen functional groups attached to an aromatic ring is 2. The van der Waals surface area contributed by atoms with E-state index in [0.29, 0.717) is 5.16 Å². The fourth-order valence-corrected chi connectivity index (χ4v) is 2.61. The second-order valence-corrected chi connectivity index (χ2v) is 6.28. The number of thioether (sulfide) groups is 1. The number of nitrogens with one attached hydrogen (secondary N) is 1. The summed E-state index contributed by atoms with van der Waals surface area (Å²) in [5.74, 6) is 1.30. The van der Waals surface area contributed by atoms with Crippen LogP contribution in [0.15, 0.2) is 34.2 Å². The van der Waals surface area contributed by atoms with Crippen molar-refractivity contribution in [2.45, 2.75) is 38.8 Å². The molecule has 0 bridgehead atoms. The first-order valence-corrected chi connectivity index (χ1v) is 8.98. The lowest BCUT2D eigenvalue weighted by Crippen LogP contribution is -2.13. The molecule has 0 radical (unpaired) electrons. The van der Waals surface area contributed by atoms with Crippen LogP contribution < -0.4 is 17.0 Å². The highest BCUT2D eigenvalue weighted by molar-refractivity contribution is 7.99. The van der Waals surface area contributed by atoms with Gasteiger partial charge in [-0.15, -0.1) is 0 Å². The van der Waals surface area contributed by atoms with E-state index < -0.39 is 5.56 Å². The van der Waals surface area contributed by atoms with Crippen LogP contribution in [0.2, 0.25) is 0 Å². The number of aromatic hydroxyl groups is 1. The van der Waals surface area contributed by atoms with Gasteiger partial charge in [-0.1, -0.05) is 43.3 Å². The zero-order chi connectivity index (χ0) is 18.1. The van der Waals surface area contributed by atoms with Crippen LogP contribution >= 0.6 is 11.8 Å². The minimum absolute atomic E-state index is 0.222. The number of nitrogens with zero attached hydrogens (tertiary/aromatic N) is 1. The van der Waals surface area contributed by atoms with Gasteiger partial charge in [0.15, 0.2) is 10.8 Å². The SMILES string of the molecule is CC.Cc1ccc(N)cc1.Nc1c(O)nc(SCC2CC2)[nH]c1=O. The predicted octanol–water partition coefficient (Wildman–Crippen LogP) is 3.16. The molecule has 0 amide bonds. The normalized spacial score (nSPS) is 12.5. The number of aromatic nitrogens is 2. The Balaban J connectivity index is 0.000000245. The van der Waals surface area contributed by atoms with Gasteiger partial charge in [0.2, 0.25) is 5.88 Å². The average Bonchev–Trinajstić information content (AvgIpc) is 3.40. The van der Waals surface area contributed by atoms with E-state index in [1.54, 1.807) is 0 Å². The largest absolute Gasteiger partial charge is 0.492 e. The molecule has 1 saturated carbocycles. The molecule has 6 N–H and O–H groups in total. The molecule has 1 aromatic carbocycles. The summed E-state index contributed by atoms with van der Waals surface area (Å²) in [5.41, 5.74) is 12.1. The summed E-state index contributed by atoms with van der Waals surface area (Å²) in [4.78, 5) is 17.4. The third-order valence-electron chi connectivity index (χ3n) is 3.14. The van der Waals surface area contributed by atoms with Gasteiger partial charge in [0, 0.05) is 11.4 Å². The molecule has 0 spiro atoms. The summed E-state index contributed by atoms with van der Waals surface area (Å²) >= 11 is 1.45. The van der Waals surface area contributed by atoms with Gasteiger partial charge in [0.05, 0.1) is 0 Å². The Bertz CT molecular complexity index is 661. The average molecular weight is 350 g/mol. The number of H-pyrrole nitrogens is 1. The van der Waals surface area contributed by atoms with Crippen LogP contribution in [0.1, 0.15) is 32.3 Å².